The predicted octanol–water partition coefficient (Wildman–Crippen LogP) is 3.07. The second-order valence-corrected chi connectivity index (χ2v) is 6.73. The van der Waals surface area contributed by atoms with Crippen molar-refractivity contribution < 1.29 is 9.53 Å². The van der Waals surface area contributed by atoms with Crippen LogP contribution in [0, 0.1) is 5.92 Å². The Balaban J connectivity index is 1.57. The number of benzene rings is 1. The molecule has 2 rings (SSSR count). The number of nitrogens with zero attached hydrogens (tertiary/aromatic N) is 1. The zero-order chi connectivity index (χ0) is 15.8. The molecule has 1 aliphatic heterocycles. The molecular weight excluding hydrogens is 344 g/mol. The van der Waals surface area contributed by atoms with Crippen LogP contribution in [0.5, 0.6) is 5.75 Å². The molecule has 1 N–H and O–H groups in total. The van der Waals surface area contributed by atoms with Crippen molar-refractivity contribution in [1.82, 2.24) is 10.2 Å². The van der Waals surface area contributed by atoms with Gasteiger partial charge >= 0.3 is 0 Å². The Morgan fingerprint density at radius 2 is 2.14 bits per heavy atom. The lowest BCUT2D eigenvalue weighted by atomic mass is 10.1. The van der Waals surface area contributed by atoms with Gasteiger partial charge in [0.05, 0.1) is 6.61 Å². The van der Waals surface area contributed by atoms with Crippen molar-refractivity contribution in [2.45, 2.75) is 25.7 Å². The van der Waals surface area contributed by atoms with E-state index in [4.69, 9.17) is 4.74 Å². The van der Waals surface area contributed by atoms with Crippen LogP contribution in [-0.4, -0.2) is 44.1 Å². The number of carbonyl (C=O) groups is 1. The first kappa shape index (κ1) is 17.3. The van der Waals surface area contributed by atoms with Crippen LogP contribution in [0.15, 0.2) is 28.7 Å². The molecule has 1 saturated heterocycles. The molecule has 0 saturated carbocycles. The lowest BCUT2D eigenvalue weighted by molar-refractivity contribution is -0.130. The Bertz CT molecular complexity index is 464. The number of amides is 1. The van der Waals surface area contributed by atoms with Gasteiger partial charge in [0.15, 0.2) is 0 Å². The molecule has 1 amide bonds. The van der Waals surface area contributed by atoms with E-state index < -0.39 is 0 Å². The molecule has 122 valence electrons. The summed E-state index contributed by atoms with van der Waals surface area (Å²) >= 11 is 3.40. The molecule has 22 heavy (non-hydrogen) atoms. The van der Waals surface area contributed by atoms with E-state index >= 15 is 0 Å². The van der Waals surface area contributed by atoms with Crippen LogP contribution in [-0.2, 0) is 4.79 Å². The highest BCUT2D eigenvalue weighted by atomic mass is 79.9. The molecule has 1 aliphatic rings. The van der Waals surface area contributed by atoms with Gasteiger partial charge in [0, 0.05) is 24.0 Å². The van der Waals surface area contributed by atoms with Crippen molar-refractivity contribution in [3.05, 3.63) is 28.7 Å². The second-order valence-electron chi connectivity index (χ2n) is 5.81. The van der Waals surface area contributed by atoms with Crippen molar-refractivity contribution in [3.63, 3.8) is 0 Å². The van der Waals surface area contributed by atoms with Gasteiger partial charge < -0.3 is 15.0 Å². The number of likely N-dealkylation sites (tertiary alicyclic amines) is 1. The van der Waals surface area contributed by atoms with Crippen molar-refractivity contribution >= 4 is 21.8 Å². The van der Waals surface area contributed by atoms with Crippen molar-refractivity contribution in [3.8, 4) is 5.75 Å². The SMILES string of the molecule is CNCC1CCN(C(=O)CCCCOc2ccc(Br)cc2)C1. The third kappa shape index (κ3) is 5.61. The van der Waals surface area contributed by atoms with E-state index in [2.05, 4.69) is 21.2 Å². The van der Waals surface area contributed by atoms with Gasteiger partial charge in [-0.05, 0) is 63.0 Å². The molecule has 1 unspecified atom stereocenters. The number of hydrogen-bond acceptors (Lipinski definition) is 3. The van der Waals surface area contributed by atoms with Crippen LogP contribution in [0.2, 0.25) is 0 Å². The maximum absolute atomic E-state index is 12.1. The summed E-state index contributed by atoms with van der Waals surface area (Å²) in [5.41, 5.74) is 0. The number of carbonyl (C=O) groups excluding carboxylic acids is 1. The summed E-state index contributed by atoms with van der Waals surface area (Å²) in [5, 5.41) is 3.19. The first-order valence-corrected chi connectivity index (χ1v) is 8.79. The normalized spacial score (nSPS) is 17.7. The van der Waals surface area contributed by atoms with E-state index in [9.17, 15) is 4.79 Å². The summed E-state index contributed by atoms with van der Waals surface area (Å²) in [5.74, 6) is 1.79. The van der Waals surface area contributed by atoms with E-state index in [0.29, 0.717) is 24.9 Å². The molecule has 1 fully saturated rings. The average Bonchev–Trinajstić information content (AvgIpc) is 2.98. The quantitative estimate of drug-likeness (QED) is 0.716. The van der Waals surface area contributed by atoms with Gasteiger partial charge in [-0.15, -0.1) is 0 Å². The molecule has 1 aromatic carbocycles. The maximum atomic E-state index is 12.1. The van der Waals surface area contributed by atoms with Gasteiger partial charge in [0.2, 0.25) is 5.91 Å². The fourth-order valence-electron chi connectivity index (χ4n) is 2.77. The van der Waals surface area contributed by atoms with Gasteiger partial charge in [-0.3, -0.25) is 4.79 Å². The Morgan fingerprint density at radius 1 is 1.36 bits per heavy atom. The molecule has 0 aromatic heterocycles. The van der Waals surface area contributed by atoms with Crippen LogP contribution in [0.3, 0.4) is 0 Å². The molecule has 1 aromatic rings. The molecule has 1 atom stereocenters. The van der Waals surface area contributed by atoms with E-state index in [1.165, 1.54) is 0 Å². The van der Waals surface area contributed by atoms with Gasteiger partial charge in [0.25, 0.3) is 0 Å². The van der Waals surface area contributed by atoms with Crippen LogP contribution < -0.4 is 10.1 Å². The Hall–Kier alpha value is -1.07. The number of unbranched alkanes of at least 4 members (excludes halogenated alkanes) is 1. The van der Waals surface area contributed by atoms with Gasteiger partial charge in [0.1, 0.15) is 5.75 Å². The molecule has 1 heterocycles. The summed E-state index contributed by atoms with van der Waals surface area (Å²) in [6.45, 7) is 3.50. The zero-order valence-electron chi connectivity index (χ0n) is 13.2. The molecule has 5 heteroatoms. The molecule has 0 spiro atoms. The number of halogens is 1. The topological polar surface area (TPSA) is 41.6 Å². The largest absolute Gasteiger partial charge is 0.494 e. The van der Waals surface area contributed by atoms with Crippen molar-refractivity contribution in [2.75, 3.05) is 33.3 Å². The highest BCUT2D eigenvalue weighted by Gasteiger charge is 2.24. The van der Waals surface area contributed by atoms with Gasteiger partial charge in [-0.2, -0.15) is 0 Å². The first-order valence-electron chi connectivity index (χ1n) is 8.00. The molecule has 4 nitrogen and oxygen atoms in total. The third-order valence-corrected chi connectivity index (χ3v) is 4.53. The van der Waals surface area contributed by atoms with Crippen LogP contribution >= 0.6 is 15.9 Å². The number of rotatable bonds is 8. The third-order valence-electron chi connectivity index (χ3n) is 4.00. The molecule has 0 aliphatic carbocycles. The number of ether oxygens (including phenoxy) is 1. The standard InChI is InChI=1S/C17H25BrN2O2/c1-19-12-14-9-10-20(13-14)17(21)4-2-3-11-22-16-7-5-15(18)6-8-16/h5-8,14,19H,2-4,9-13H2,1H3. The van der Waals surface area contributed by atoms with E-state index in [-0.39, 0.29) is 0 Å². The van der Waals surface area contributed by atoms with Crippen LogP contribution in [0.1, 0.15) is 25.7 Å². The van der Waals surface area contributed by atoms with Gasteiger partial charge in [-0.1, -0.05) is 15.9 Å². The lowest BCUT2D eigenvalue weighted by Crippen LogP contribution is -2.30. The summed E-state index contributed by atoms with van der Waals surface area (Å²) < 4.78 is 6.71. The summed E-state index contributed by atoms with van der Waals surface area (Å²) in [6.07, 6.45) is 3.56. The van der Waals surface area contributed by atoms with Crippen LogP contribution in [0.4, 0.5) is 0 Å². The Kier molecular flexibility index (Phi) is 7.19. The minimum absolute atomic E-state index is 0.294. The summed E-state index contributed by atoms with van der Waals surface area (Å²) in [7, 11) is 1.97. The Labute approximate surface area is 141 Å². The fraction of sp³-hybridized carbons (Fsp3) is 0.588. The van der Waals surface area contributed by atoms with E-state index in [0.717, 1.165) is 49.1 Å². The highest BCUT2D eigenvalue weighted by Crippen LogP contribution is 2.18. The number of nitrogens with one attached hydrogen (secondary N) is 1. The summed E-state index contributed by atoms with van der Waals surface area (Å²) in [4.78, 5) is 14.1. The maximum Gasteiger partial charge on any atom is 0.222 e. The van der Waals surface area contributed by atoms with Gasteiger partial charge in [-0.25, -0.2) is 0 Å². The Morgan fingerprint density at radius 3 is 2.86 bits per heavy atom. The molecule has 0 bridgehead atoms. The molecular formula is C17H25BrN2O2. The smallest absolute Gasteiger partial charge is 0.222 e. The fourth-order valence-corrected chi connectivity index (χ4v) is 3.04. The molecule has 0 radical (unpaired) electrons. The van der Waals surface area contributed by atoms with Crippen molar-refractivity contribution in [1.29, 1.82) is 0 Å². The van der Waals surface area contributed by atoms with E-state index in [1.54, 1.807) is 0 Å². The predicted molar refractivity (Wildman–Crippen MR) is 92.1 cm³/mol. The highest BCUT2D eigenvalue weighted by molar-refractivity contribution is 9.10. The van der Waals surface area contributed by atoms with Crippen molar-refractivity contribution in [2.24, 2.45) is 5.92 Å². The monoisotopic (exact) mass is 368 g/mol. The minimum Gasteiger partial charge on any atom is -0.494 e. The average molecular weight is 369 g/mol. The first-order chi connectivity index (χ1) is 10.7. The zero-order valence-corrected chi connectivity index (χ0v) is 14.8. The van der Waals surface area contributed by atoms with E-state index in [1.807, 2.05) is 36.2 Å². The lowest BCUT2D eigenvalue weighted by Gasteiger charge is -2.16. The second kappa shape index (κ2) is 9.16. The number of hydrogen-bond donors (Lipinski definition) is 1. The minimum atomic E-state index is 0.294. The van der Waals surface area contributed by atoms with Crippen LogP contribution in [0.25, 0.3) is 0 Å². The summed E-state index contributed by atoms with van der Waals surface area (Å²) in [6, 6.07) is 7.82.